The Morgan fingerprint density at radius 2 is 2.46 bits per heavy atom. The fourth-order valence-electron chi connectivity index (χ4n) is 0.707. The first-order chi connectivity index (χ1) is 6.33. The van der Waals surface area contributed by atoms with Crippen molar-refractivity contribution in [3.05, 3.63) is 11.2 Å². The second-order valence-electron chi connectivity index (χ2n) is 2.21. The van der Waals surface area contributed by atoms with Gasteiger partial charge in [0.2, 0.25) is 5.91 Å². The van der Waals surface area contributed by atoms with Gasteiger partial charge in [-0.2, -0.15) is 4.91 Å². The summed E-state index contributed by atoms with van der Waals surface area (Å²) < 4.78 is 1.47. The quantitative estimate of drug-likeness (QED) is 0.564. The second-order valence-corrected chi connectivity index (χ2v) is 2.21. The van der Waals surface area contributed by atoms with Crippen LogP contribution < -0.4 is 5.32 Å². The average molecular weight is 184 g/mol. The molecule has 0 saturated carbocycles. The normalized spacial score (nSPS) is 9.54. The smallest absolute Gasteiger partial charge is 0.245 e. The number of rotatable bonds is 5. The maximum Gasteiger partial charge on any atom is 0.245 e. The number of aromatic nitrogens is 4. The molecule has 0 unspecified atom stereocenters. The van der Waals surface area contributed by atoms with Crippen LogP contribution in [0.5, 0.6) is 0 Å². The van der Waals surface area contributed by atoms with Gasteiger partial charge < -0.3 is 5.32 Å². The van der Waals surface area contributed by atoms with E-state index in [0.29, 0.717) is 13.1 Å². The maximum absolute atomic E-state index is 10.7. The van der Waals surface area contributed by atoms with E-state index in [1.807, 2.05) is 0 Å². The van der Waals surface area contributed by atoms with Crippen molar-refractivity contribution in [1.82, 2.24) is 25.5 Å². The highest BCUT2D eigenvalue weighted by atomic mass is 16.3. The molecule has 0 aliphatic rings. The fourth-order valence-corrected chi connectivity index (χ4v) is 0.707. The van der Waals surface area contributed by atoms with Crippen LogP contribution in [0.3, 0.4) is 0 Å². The monoisotopic (exact) mass is 184 g/mol. The van der Waals surface area contributed by atoms with Crippen LogP contribution in [-0.2, 0) is 11.3 Å². The van der Waals surface area contributed by atoms with E-state index in [2.05, 4.69) is 26.0 Å². The van der Waals surface area contributed by atoms with Crippen LogP contribution in [-0.4, -0.2) is 39.2 Å². The Hall–Kier alpha value is -1.86. The van der Waals surface area contributed by atoms with Gasteiger partial charge in [0.15, 0.2) is 6.54 Å². The Morgan fingerprint density at radius 1 is 1.62 bits per heavy atom. The molecule has 8 nitrogen and oxygen atoms in total. The topological polar surface area (TPSA) is 102 Å². The van der Waals surface area contributed by atoms with Crippen molar-refractivity contribution in [1.29, 1.82) is 0 Å². The minimum absolute atomic E-state index is 0.352. The van der Waals surface area contributed by atoms with Crippen molar-refractivity contribution in [2.45, 2.75) is 6.54 Å². The molecule has 8 heteroatoms. The summed E-state index contributed by atoms with van der Waals surface area (Å²) in [6.45, 7) is 0.493. The van der Waals surface area contributed by atoms with Gasteiger partial charge >= 0.3 is 0 Å². The molecule has 1 N–H and O–H groups in total. The van der Waals surface area contributed by atoms with Crippen molar-refractivity contribution in [2.75, 3.05) is 13.1 Å². The SMILES string of the molecule is O=NCC(=O)NCCn1cnnn1. The summed E-state index contributed by atoms with van der Waals surface area (Å²) >= 11 is 0. The summed E-state index contributed by atoms with van der Waals surface area (Å²) in [6.07, 6.45) is 1.43. The average Bonchev–Trinajstić information content (AvgIpc) is 2.57. The number of carbonyl (C=O) groups excluding carboxylic acids is 1. The number of carbonyl (C=O) groups is 1. The van der Waals surface area contributed by atoms with Gasteiger partial charge in [0.1, 0.15) is 6.33 Å². The molecule has 13 heavy (non-hydrogen) atoms. The molecule has 1 rings (SSSR count). The number of hydrogen-bond acceptors (Lipinski definition) is 6. The highest BCUT2D eigenvalue weighted by molar-refractivity contribution is 5.77. The summed E-state index contributed by atoms with van der Waals surface area (Å²) in [4.78, 5) is 20.4. The number of nitroso groups, excluding NO2 is 1. The Bertz CT molecular complexity index is 271. The summed E-state index contributed by atoms with van der Waals surface area (Å²) in [5.41, 5.74) is 0. The lowest BCUT2D eigenvalue weighted by atomic mass is 10.5. The minimum Gasteiger partial charge on any atom is -0.353 e. The molecule has 1 aromatic rings. The lowest BCUT2D eigenvalue weighted by Gasteiger charge is -2.00. The van der Waals surface area contributed by atoms with Crippen LogP contribution >= 0.6 is 0 Å². The van der Waals surface area contributed by atoms with Crippen LogP contribution in [0.25, 0.3) is 0 Å². The Labute approximate surface area is 73.3 Å². The molecule has 0 aromatic carbocycles. The van der Waals surface area contributed by atoms with Gasteiger partial charge in [-0.1, -0.05) is 5.18 Å². The summed E-state index contributed by atoms with van der Waals surface area (Å²) in [5, 5.41) is 15.3. The highest BCUT2D eigenvalue weighted by Gasteiger charge is 1.99. The molecule has 0 radical (unpaired) electrons. The third-order valence-corrected chi connectivity index (χ3v) is 1.26. The van der Waals surface area contributed by atoms with E-state index < -0.39 is 5.91 Å². The molecule has 1 aromatic heterocycles. The van der Waals surface area contributed by atoms with E-state index in [4.69, 9.17) is 0 Å². The lowest BCUT2D eigenvalue weighted by Crippen LogP contribution is -2.29. The first-order valence-electron chi connectivity index (χ1n) is 3.59. The molecule has 70 valence electrons. The predicted octanol–water partition coefficient (Wildman–Crippen LogP) is -1.44. The van der Waals surface area contributed by atoms with E-state index in [1.165, 1.54) is 11.0 Å². The zero-order valence-electron chi connectivity index (χ0n) is 6.75. The van der Waals surface area contributed by atoms with Crippen LogP contribution in [0, 0.1) is 4.91 Å². The Balaban J connectivity index is 2.14. The number of nitrogens with zero attached hydrogens (tertiary/aromatic N) is 5. The van der Waals surface area contributed by atoms with Gasteiger partial charge in [-0.05, 0) is 10.4 Å². The minimum atomic E-state index is -0.400. The van der Waals surface area contributed by atoms with Gasteiger partial charge in [0.25, 0.3) is 0 Å². The van der Waals surface area contributed by atoms with Gasteiger partial charge in [-0.15, -0.1) is 5.10 Å². The van der Waals surface area contributed by atoms with Crippen LogP contribution in [0.4, 0.5) is 0 Å². The molecule has 0 aliphatic carbocycles. The third-order valence-electron chi connectivity index (χ3n) is 1.26. The Morgan fingerprint density at radius 3 is 3.08 bits per heavy atom. The van der Waals surface area contributed by atoms with E-state index in [1.54, 1.807) is 0 Å². The highest BCUT2D eigenvalue weighted by Crippen LogP contribution is 1.76. The number of nitrogens with one attached hydrogen (secondary N) is 1. The Kier molecular flexibility index (Phi) is 3.48. The van der Waals surface area contributed by atoms with E-state index in [-0.39, 0.29) is 6.54 Å². The van der Waals surface area contributed by atoms with E-state index in [0.717, 1.165) is 0 Å². The largest absolute Gasteiger partial charge is 0.353 e. The number of amides is 1. The van der Waals surface area contributed by atoms with Gasteiger partial charge in [-0.25, -0.2) is 4.68 Å². The molecule has 0 saturated heterocycles. The van der Waals surface area contributed by atoms with E-state index in [9.17, 15) is 9.70 Å². The van der Waals surface area contributed by atoms with Crippen molar-refractivity contribution in [3.8, 4) is 0 Å². The number of tetrazole rings is 1. The molecular weight excluding hydrogens is 176 g/mol. The zero-order valence-corrected chi connectivity index (χ0v) is 6.75. The molecule has 1 amide bonds. The van der Waals surface area contributed by atoms with Crippen molar-refractivity contribution >= 4 is 5.91 Å². The molecule has 0 bridgehead atoms. The maximum atomic E-state index is 10.7. The summed E-state index contributed by atoms with van der Waals surface area (Å²) in [6, 6.07) is 0. The lowest BCUT2D eigenvalue weighted by molar-refractivity contribution is -0.119. The van der Waals surface area contributed by atoms with Gasteiger partial charge in [-0.3, -0.25) is 4.79 Å². The van der Waals surface area contributed by atoms with Crippen molar-refractivity contribution < 1.29 is 4.79 Å². The summed E-state index contributed by atoms with van der Waals surface area (Å²) in [5.74, 6) is -0.400. The van der Waals surface area contributed by atoms with Crippen molar-refractivity contribution in [3.63, 3.8) is 0 Å². The third kappa shape index (κ3) is 3.36. The standard InChI is InChI=1S/C5H8N6O2/c12-5(3-8-13)6-1-2-11-4-7-9-10-11/h4H,1-3H2,(H,6,12). The van der Waals surface area contributed by atoms with Gasteiger partial charge in [0, 0.05) is 6.54 Å². The molecule has 0 atom stereocenters. The van der Waals surface area contributed by atoms with Crippen LogP contribution in [0.15, 0.2) is 11.5 Å². The fraction of sp³-hybridized carbons (Fsp3) is 0.600. The molecule has 0 spiro atoms. The molecular formula is C5H8N6O2. The zero-order chi connectivity index (χ0) is 9.52. The number of hydrogen-bond donors (Lipinski definition) is 1. The van der Waals surface area contributed by atoms with E-state index >= 15 is 0 Å². The van der Waals surface area contributed by atoms with Gasteiger partial charge in [0.05, 0.1) is 6.54 Å². The molecule has 1 heterocycles. The second kappa shape index (κ2) is 4.91. The molecule has 0 fully saturated rings. The summed E-state index contributed by atoms with van der Waals surface area (Å²) in [7, 11) is 0. The van der Waals surface area contributed by atoms with Crippen molar-refractivity contribution in [2.24, 2.45) is 5.18 Å². The first kappa shape index (κ1) is 9.23. The van der Waals surface area contributed by atoms with Crippen LogP contribution in [0.2, 0.25) is 0 Å². The van der Waals surface area contributed by atoms with Crippen LogP contribution in [0.1, 0.15) is 0 Å². The predicted molar refractivity (Wildman–Crippen MR) is 41.5 cm³/mol. The first-order valence-corrected chi connectivity index (χ1v) is 3.59. The molecule has 0 aliphatic heterocycles.